The van der Waals surface area contributed by atoms with Gasteiger partial charge >= 0.3 is 0 Å². The molecule has 0 aliphatic rings. The van der Waals surface area contributed by atoms with E-state index >= 15 is 0 Å². The van der Waals surface area contributed by atoms with E-state index in [1.54, 1.807) is 12.1 Å². The van der Waals surface area contributed by atoms with E-state index in [-0.39, 0.29) is 0 Å². The van der Waals surface area contributed by atoms with Crippen LogP contribution in [0.25, 0.3) is 5.57 Å². The average molecular weight is 278 g/mol. The van der Waals surface area contributed by atoms with Crippen molar-refractivity contribution in [2.24, 2.45) is 5.92 Å². The first-order valence-electron chi connectivity index (χ1n) is 6.51. The second-order valence-corrected chi connectivity index (χ2v) is 5.42. The van der Waals surface area contributed by atoms with Crippen molar-refractivity contribution in [2.75, 3.05) is 5.75 Å². The largest absolute Gasteiger partial charge is 0.508 e. The third-order valence-corrected chi connectivity index (χ3v) is 3.61. The number of phenols is 1. The summed E-state index contributed by atoms with van der Waals surface area (Å²) in [6.07, 6.45) is 0. The first-order chi connectivity index (χ1) is 8.79. The van der Waals surface area contributed by atoms with Crippen LogP contribution in [0.5, 0.6) is 5.75 Å². The highest BCUT2D eigenvalue weighted by atomic mass is 32.1. The molecule has 2 heteroatoms. The van der Waals surface area contributed by atoms with Crippen molar-refractivity contribution >= 4 is 18.2 Å². The Morgan fingerprint density at radius 1 is 1.16 bits per heavy atom. The Labute approximate surface area is 123 Å². The zero-order valence-corrected chi connectivity index (χ0v) is 13.6. The number of phenolic OH excluding ortho intramolecular Hbond substituents is 1. The number of hydrogen-bond acceptors (Lipinski definition) is 2. The summed E-state index contributed by atoms with van der Waals surface area (Å²) in [5, 5.41) is 8.91. The van der Waals surface area contributed by atoms with E-state index in [0.29, 0.717) is 11.7 Å². The summed E-state index contributed by atoms with van der Waals surface area (Å²) < 4.78 is 0. The minimum absolute atomic E-state index is 0.296. The highest BCUT2D eigenvalue weighted by molar-refractivity contribution is 7.80. The van der Waals surface area contributed by atoms with Gasteiger partial charge in [-0.05, 0) is 44.4 Å². The van der Waals surface area contributed by atoms with Crippen LogP contribution in [0.15, 0.2) is 42.0 Å². The first kappa shape index (κ1) is 17.8. The van der Waals surface area contributed by atoms with Crippen molar-refractivity contribution in [2.45, 2.75) is 34.6 Å². The summed E-state index contributed by atoms with van der Waals surface area (Å²) in [5.41, 5.74) is 4.97. The number of thiol groups is 1. The lowest BCUT2D eigenvalue weighted by atomic mass is 10.0. The molecule has 1 aromatic rings. The van der Waals surface area contributed by atoms with Gasteiger partial charge in [-0.15, -0.1) is 0 Å². The third kappa shape index (κ3) is 7.12. The maximum Gasteiger partial charge on any atom is 0.115 e. The van der Waals surface area contributed by atoms with E-state index in [4.69, 9.17) is 5.11 Å². The number of benzene rings is 1. The van der Waals surface area contributed by atoms with Gasteiger partial charge in [-0.3, -0.25) is 0 Å². The molecule has 1 aromatic carbocycles. The van der Waals surface area contributed by atoms with Gasteiger partial charge in [0.25, 0.3) is 0 Å². The fourth-order valence-electron chi connectivity index (χ4n) is 1.36. The molecule has 0 atom stereocenters. The fraction of sp³-hybridized carbons (Fsp3) is 0.412. The second kappa shape index (κ2) is 8.87. The molecule has 0 aliphatic carbocycles. The molecule has 19 heavy (non-hydrogen) atoms. The minimum atomic E-state index is 0.296. The molecule has 1 rings (SSSR count). The Bertz CT molecular complexity index is 427. The summed E-state index contributed by atoms with van der Waals surface area (Å²) in [5.74, 6) is 1.87. The van der Waals surface area contributed by atoms with E-state index in [1.807, 2.05) is 19.1 Å². The SMILES string of the molecule is C/C(CS)=C(\C)C(C)C.C=C(C)c1ccc(O)cc1. The Morgan fingerprint density at radius 2 is 1.63 bits per heavy atom. The van der Waals surface area contributed by atoms with E-state index in [2.05, 4.69) is 46.9 Å². The van der Waals surface area contributed by atoms with E-state index < -0.39 is 0 Å². The maximum atomic E-state index is 8.91. The molecule has 0 heterocycles. The van der Waals surface area contributed by atoms with Gasteiger partial charge in [0.2, 0.25) is 0 Å². The van der Waals surface area contributed by atoms with Crippen molar-refractivity contribution in [3.05, 3.63) is 47.6 Å². The van der Waals surface area contributed by atoms with Crippen LogP contribution in [0.3, 0.4) is 0 Å². The summed E-state index contributed by atoms with van der Waals surface area (Å²) in [6.45, 7) is 14.4. The molecule has 0 aliphatic heterocycles. The average Bonchev–Trinajstić information content (AvgIpc) is 2.38. The lowest BCUT2D eigenvalue weighted by Crippen LogP contribution is -1.93. The quantitative estimate of drug-likeness (QED) is 0.565. The fourth-order valence-corrected chi connectivity index (χ4v) is 1.61. The Kier molecular flexibility index (Phi) is 8.33. The van der Waals surface area contributed by atoms with Gasteiger partial charge in [0.15, 0.2) is 0 Å². The molecule has 0 bridgehead atoms. The predicted octanol–water partition coefficient (Wildman–Crippen LogP) is 5.33. The second-order valence-electron chi connectivity index (χ2n) is 5.10. The molecule has 0 fully saturated rings. The van der Waals surface area contributed by atoms with Crippen LogP contribution in [0.4, 0.5) is 0 Å². The molecular formula is C17H26OS. The Hall–Kier alpha value is -1.15. The van der Waals surface area contributed by atoms with Crippen molar-refractivity contribution in [1.29, 1.82) is 0 Å². The Balaban J connectivity index is 0.000000344. The number of aromatic hydroxyl groups is 1. The lowest BCUT2D eigenvalue weighted by Gasteiger charge is -2.07. The van der Waals surface area contributed by atoms with Crippen LogP contribution in [-0.4, -0.2) is 10.9 Å². The molecule has 1 N–H and O–H groups in total. The van der Waals surface area contributed by atoms with Crippen LogP contribution in [0.2, 0.25) is 0 Å². The molecule has 0 radical (unpaired) electrons. The van der Waals surface area contributed by atoms with Gasteiger partial charge in [0, 0.05) is 5.75 Å². The predicted molar refractivity (Wildman–Crippen MR) is 89.9 cm³/mol. The number of hydrogen-bond donors (Lipinski definition) is 2. The number of allylic oxidation sites excluding steroid dienone is 2. The summed E-state index contributed by atoms with van der Waals surface area (Å²) in [4.78, 5) is 0. The highest BCUT2D eigenvalue weighted by Crippen LogP contribution is 2.15. The highest BCUT2D eigenvalue weighted by Gasteiger charge is 1.98. The molecule has 0 aromatic heterocycles. The lowest BCUT2D eigenvalue weighted by molar-refractivity contribution is 0.475. The normalized spacial score (nSPS) is 11.5. The molecular weight excluding hydrogens is 252 g/mol. The Morgan fingerprint density at radius 3 is 1.89 bits per heavy atom. The van der Waals surface area contributed by atoms with Crippen molar-refractivity contribution in [3.8, 4) is 5.75 Å². The van der Waals surface area contributed by atoms with E-state index in [9.17, 15) is 0 Å². The van der Waals surface area contributed by atoms with Crippen LogP contribution < -0.4 is 0 Å². The first-order valence-corrected chi connectivity index (χ1v) is 7.14. The van der Waals surface area contributed by atoms with Crippen LogP contribution in [0.1, 0.15) is 40.2 Å². The van der Waals surface area contributed by atoms with Crippen LogP contribution in [0, 0.1) is 5.92 Å². The van der Waals surface area contributed by atoms with Gasteiger partial charge in [0.05, 0.1) is 0 Å². The third-order valence-electron chi connectivity index (χ3n) is 3.14. The van der Waals surface area contributed by atoms with Gasteiger partial charge in [-0.25, -0.2) is 0 Å². The topological polar surface area (TPSA) is 20.2 Å². The number of rotatable bonds is 3. The van der Waals surface area contributed by atoms with Crippen molar-refractivity contribution in [3.63, 3.8) is 0 Å². The monoisotopic (exact) mass is 278 g/mol. The van der Waals surface area contributed by atoms with Crippen molar-refractivity contribution < 1.29 is 5.11 Å². The zero-order valence-electron chi connectivity index (χ0n) is 12.7. The van der Waals surface area contributed by atoms with Gasteiger partial charge < -0.3 is 5.11 Å². The molecule has 106 valence electrons. The van der Waals surface area contributed by atoms with Crippen LogP contribution in [-0.2, 0) is 0 Å². The maximum absolute atomic E-state index is 8.91. The van der Waals surface area contributed by atoms with Gasteiger partial charge in [-0.1, -0.05) is 49.3 Å². The van der Waals surface area contributed by atoms with E-state index in [1.165, 1.54) is 11.1 Å². The summed E-state index contributed by atoms with van der Waals surface area (Å²) in [7, 11) is 0. The molecule has 0 saturated carbocycles. The van der Waals surface area contributed by atoms with E-state index in [0.717, 1.165) is 16.9 Å². The summed E-state index contributed by atoms with van der Waals surface area (Å²) >= 11 is 4.19. The molecule has 0 spiro atoms. The molecule has 0 unspecified atom stereocenters. The van der Waals surface area contributed by atoms with Gasteiger partial charge in [0.1, 0.15) is 5.75 Å². The van der Waals surface area contributed by atoms with Gasteiger partial charge in [-0.2, -0.15) is 12.6 Å². The smallest absolute Gasteiger partial charge is 0.115 e. The minimum Gasteiger partial charge on any atom is -0.508 e. The molecule has 0 saturated heterocycles. The van der Waals surface area contributed by atoms with Crippen molar-refractivity contribution in [1.82, 2.24) is 0 Å². The van der Waals surface area contributed by atoms with Crippen LogP contribution >= 0.6 is 12.6 Å². The molecule has 1 nitrogen and oxygen atoms in total. The zero-order chi connectivity index (χ0) is 15.0. The standard InChI is InChI=1S/C9H10O.C8H16S/c1-7(2)8-3-5-9(10)6-4-8;1-6(2)8(4)7(3)5-9/h3-6,10H,1H2,2H3;6,9H,5H2,1-4H3/b;8-7-. The summed E-state index contributed by atoms with van der Waals surface area (Å²) in [6, 6.07) is 7.00. The molecule has 0 amide bonds.